The zero-order chi connectivity index (χ0) is 21.5. The SMILES string of the molecule is CCNC(=NCc1ccc(C(=O)N2CC(C)OC(C)C2)cc1)NCc1ccnn1C. The lowest BCUT2D eigenvalue weighted by Crippen LogP contribution is -2.48. The highest BCUT2D eigenvalue weighted by Gasteiger charge is 2.26. The molecule has 8 nitrogen and oxygen atoms in total. The van der Waals surface area contributed by atoms with Crippen LogP contribution in [0.4, 0.5) is 0 Å². The minimum Gasteiger partial charge on any atom is -0.372 e. The highest BCUT2D eigenvalue weighted by molar-refractivity contribution is 5.94. The highest BCUT2D eigenvalue weighted by Crippen LogP contribution is 2.15. The van der Waals surface area contributed by atoms with Crippen LogP contribution in [0, 0.1) is 0 Å². The van der Waals surface area contributed by atoms with Crippen LogP contribution in [-0.2, 0) is 24.9 Å². The van der Waals surface area contributed by atoms with Gasteiger partial charge in [0.2, 0.25) is 0 Å². The minimum atomic E-state index is 0.0539. The van der Waals surface area contributed by atoms with E-state index in [1.165, 1.54) is 0 Å². The van der Waals surface area contributed by atoms with E-state index in [-0.39, 0.29) is 18.1 Å². The molecule has 8 heteroatoms. The van der Waals surface area contributed by atoms with Gasteiger partial charge in [-0.3, -0.25) is 9.48 Å². The zero-order valence-electron chi connectivity index (χ0n) is 18.3. The Bertz CT molecular complexity index is 851. The Morgan fingerprint density at radius 1 is 1.17 bits per heavy atom. The van der Waals surface area contributed by atoms with E-state index in [0.717, 1.165) is 23.8 Å². The Kier molecular flexibility index (Phi) is 7.46. The van der Waals surface area contributed by atoms with Gasteiger partial charge in [-0.2, -0.15) is 5.10 Å². The van der Waals surface area contributed by atoms with Crippen molar-refractivity contribution in [3.05, 3.63) is 53.3 Å². The summed E-state index contributed by atoms with van der Waals surface area (Å²) in [7, 11) is 1.92. The number of hydrogen-bond donors (Lipinski definition) is 2. The van der Waals surface area contributed by atoms with Crippen molar-refractivity contribution in [2.24, 2.45) is 12.0 Å². The molecule has 0 spiro atoms. The smallest absolute Gasteiger partial charge is 0.254 e. The molecular weight excluding hydrogens is 380 g/mol. The Morgan fingerprint density at radius 2 is 1.87 bits per heavy atom. The Hall–Kier alpha value is -2.87. The molecule has 2 N–H and O–H groups in total. The molecule has 1 aromatic heterocycles. The quantitative estimate of drug-likeness (QED) is 0.560. The number of guanidine groups is 1. The highest BCUT2D eigenvalue weighted by atomic mass is 16.5. The van der Waals surface area contributed by atoms with Gasteiger partial charge in [0, 0.05) is 38.4 Å². The molecule has 0 radical (unpaired) electrons. The van der Waals surface area contributed by atoms with Gasteiger partial charge in [0.05, 0.1) is 31.0 Å². The number of nitrogens with zero attached hydrogens (tertiary/aromatic N) is 4. The van der Waals surface area contributed by atoms with Crippen LogP contribution in [0.25, 0.3) is 0 Å². The first-order valence-corrected chi connectivity index (χ1v) is 10.5. The van der Waals surface area contributed by atoms with Crippen molar-refractivity contribution in [2.75, 3.05) is 19.6 Å². The maximum Gasteiger partial charge on any atom is 0.254 e. The largest absolute Gasteiger partial charge is 0.372 e. The molecule has 0 bridgehead atoms. The molecule has 162 valence electrons. The molecule has 0 aliphatic carbocycles. The van der Waals surface area contributed by atoms with E-state index >= 15 is 0 Å². The fourth-order valence-electron chi connectivity index (χ4n) is 3.54. The second-order valence-electron chi connectivity index (χ2n) is 7.66. The number of hydrogen-bond acceptors (Lipinski definition) is 4. The maximum atomic E-state index is 12.8. The van der Waals surface area contributed by atoms with Crippen molar-refractivity contribution in [1.82, 2.24) is 25.3 Å². The molecule has 0 saturated carbocycles. The van der Waals surface area contributed by atoms with E-state index in [1.807, 2.05) is 67.7 Å². The van der Waals surface area contributed by atoms with Gasteiger partial charge in [-0.25, -0.2) is 4.99 Å². The molecule has 1 fully saturated rings. The fourth-order valence-corrected chi connectivity index (χ4v) is 3.54. The van der Waals surface area contributed by atoms with E-state index in [2.05, 4.69) is 20.7 Å². The minimum absolute atomic E-state index is 0.0539. The molecule has 1 aromatic carbocycles. The summed E-state index contributed by atoms with van der Waals surface area (Å²) in [5.74, 6) is 0.799. The number of amides is 1. The van der Waals surface area contributed by atoms with Gasteiger partial charge in [0.25, 0.3) is 5.91 Å². The molecule has 2 atom stereocenters. The van der Waals surface area contributed by atoms with Crippen molar-refractivity contribution in [2.45, 2.75) is 46.1 Å². The molecular formula is C22H32N6O2. The van der Waals surface area contributed by atoms with Crippen LogP contribution in [0.1, 0.15) is 42.4 Å². The summed E-state index contributed by atoms with van der Waals surface area (Å²) < 4.78 is 7.56. The second kappa shape index (κ2) is 10.2. The van der Waals surface area contributed by atoms with Crippen LogP contribution in [0.2, 0.25) is 0 Å². The number of morpholine rings is 1. The second-order valence-corrected chi connectivity index (χ2v) is 7.66. The van der Waals surface area contributed by atoms with E-state index in [9.17, 15) is 4.79 Å². The van der Waals surface area contributed by atoms with Crippen LogP contribution in [0.15, 0.2) is 41.5 Å². The van der Waals surface area contributed by atoms with Crippen LogP contribution in [0.5, 0.6) is 0 Å². The monoisotopic (exact) mass is 412 g/mol. The van der Waals surface area contributed by atoms with Gasteiger partial charge in [0.1, 0.15) is 0 Å². The number of nitrogens with one attached hydrogen (secondary N) is 2. The Labute approximate surface area is 178 Å². The van der Waals surface area contributed by atoms with Crippen molar-refractivity contribution in [3.8, 4) is 0 Å². The molecule has 2 aromatic rings. The number of aromatic nitrogens is 2. The summed E-state index contributed by atoms with van der Waals surface area (Å²) in [6.45, 7) is 9.25. The summed E-state index contributed by atoms with van der Waals surface area (Å²) in [6, 6.07) is 9.67. The zero-order valence-corrected chi connectivity index (χ0v) is 18.3. The number of carbonyl (C=O) groups is 1. The first-order valence-electron chi connectivity index (χ1n) is 10.5. The molecule has 1 saturated heterocycles. The van der Waals surface area contributed by atoms with Crippen LogP contribution >= 0.6 is 0 Å². The van der Waals surface area contributed by atoms with Gasteiger partial charge >= 0.3 is 0 Å². The third kappa shape index (κ3) is 5.82. The number of ether oxygens (including phenoxy) is 1. The van der Waals surface area contributed by atoms with E-state index in [0.29, 0.717) is 31.7 Å². The maximum absolute atomic E-state index is 12.8. The summed E-state index contributed by atoms with van der Waals surface area (Å²) >= 11 is 0. The summed E-state index contributed by atoms with van der Waals surface area (Å²) in [5, 5.41) is 10.7. The molecule has 1 amide bonds. The van der Waals surface area contributed by atoms with Gasteiger partial charge in [-0.15, -0.1) is 0 Å². The van der Waals surface area contributed by atoms with Gasteiger partial charge in [-0.05, 0) is 44.5 Å². The summed E-state index contributed by atoms with van der Waals surface area (Å²) in [4.78, 5) is 19.3. The van der Waals surface area contributed by atoms with Crippen LogP contribution in [-0.4, -0.2) is 58.4 Å². The third-order valence-corrected chi connectivity index (χ3v) is 5.03. The number of benzene rings is 1. The first kappa shape index (κ1) is 21.8. The van der Waals surface area contributed by atoms with Gasteiger partial charge < -0.3 is 20.3 Å². The lowest BCUT2D eigenvalue weighted by molar-refractivity contribution is -0.0586. The standard InChI is InChI=1S/C22H32N6O2/c1-5-23-22(25-13-20-10-11-26-27(20)4)24-12-18-6-8-19(9-7-18)21(29)28-14-16(2)30-17(3)15-28/h6-11,16-17H,5,12-15H2,1-4H3,(H2,23,24,25). The Balaban J connectivity index is 1.59. The van der Waals surface area contributed by atoms with E-state index < -0.39 is 0 Å². The van der Waals surface area contributed by atoms with Gasteiger partial charge in [0.15, 0.2) is 5.96 Å². The van der Waals surface area contributed by atoms with E-state index in [1.54, 1.807) is 6.20 Å². The molecule has 3 rings (SSSR count). The van der Waals surface area contributed by atoms with E-state index in [4.69, 9.17) is 4.74 Å². The van der Waals surface area contributed by atoms with Crippen molar-refractivity contribution < 1.29 is 9.53 Å². The Morgan fingerprint density at radius 3 is 2.47 bits per heavy atom. The van der Waals surface area contributed by atoms with Crippen LogP contribution in [0.3, 0.4) is 0 Å². The number of carbonyl (C=O) groups excluding carboxylic acids is 1. The molecule has 1 aliphatic heterocycles. The molecule has 2 unspecified atom stereocenters. The third-order valence-electron chi connectivity index (χ3n) is 5.03. The van der Waals surface area contributed by atoms with Gasteiger partial charge in [-0.1, -0.05) is 12.1 Å². The van der Waals surface area contributed by atoms with Crippen molar-refractivity contribution >= 4 is 11.9 Å². The molecule has 1 aliphatic rings. The predicted octanol–water partition coefficient (Wildman–Crippen LogP) is 1.92. The average Bonchev–Trinajstić information content (AvgIpc) is 3.14. The van der Waals surface area contributed by atoms with Crippen molar-refractivity contribution in [3.63, 3.8) is 0 Å². The number of aryl methyl sites for hydroxylation is 1. The summed E-state index contributed by atoms with van der Waals surface area (Å²) in [6.07, 6.45) is 1.91. The fraction of sp³-hybridized carbons (Fsp3) is 0.500. The molecule has 30 heavy (non-hydrogen) atoms. The normalized spacial score (nSPS) is 19.6. The first-order chi connectivity index (χ1) is 14.5. The lowest BCUT2D eigenvalue weighted by Gasteiger charge is -2.35. The topological polar surface area (TPSA) is 83.8 Å². The lowest BCUT2D eigenvalue weighted by atomic mass is 10.1. The summed E-state index contributed by atoms with van der Waals surface area (Å²) in [5.41, 5.74) is 2.83. The van der Waals surface area contributed by atoms with Crippen LogP contribution < -0.4 is 10.6 Å². The van der Waals surface area contributed by atoms with Crippen molar-refractivity contribution in [1.29, 1.82) is 0 Å². The number of aliphatic imine (C=N–C) groups is 1. The molecule has 2 heterocycles. The average molecular weight is 413 g/mol. The predicted molar refractivity (Wildman–Crippen MR) is 117 cm³/mol. The number of rotatable bonds is 6.